The third-order valence-corrected chi connectivity index (χ3v) is 5.48. The highest BCUT2D eigenvalue weighted by Crippen LogP contribution is 2.70. The molecule has 2 aliphatic carbocycles. The summed E-state index contributed by atoms with van der Waals surface area (Å²) in [6.45, 7) is 6.33. The van der Waals surface area contributed by atoms with Crippen LogP contribution in [0.2, 0.25) is 0 Å². The molecule has 15 heavy (non-hydrogen) atoms. The highest BCUT2D eigenvalue weighted by molar-refractivity contribution is 5.66. The molecule has 3 heteroatoms. The average molecular weight is 211 g/mol. The quantitative estimate of drug-likeness (QED) is 0.731. The van der Waals surface area contributed by atoms with E-state index >= 15 is 0 Å². The number of hydrogen-bond donors (Lipinski definition) is 1. The number of carboxylic acids is 1. The van der Waals surface area contributed by atoms with Crippen LogP contribution < -0.4 is 5.11 Å². The van der Waals surface area contributed by atoms with Crippen LogP contribution in [-0.2, 0) is 4.79 Å². The van der Waals surface area contributed by atoms with Gasteiger partial charge in [0.2, 0.25) is 0 Å². The average Bonchev–Trinajstić information content (AvgIpc) is 2.34. The van der Waals surface area contributed by atoms with Crippen molar-refractivity contribution in [3.63, 3.8) is 0 Å². The molecule has 3 nitrogen and oxygen atoms in total. The normalized spacial score (nSPS) is 47.1. The first kappa shape index (κ1) is 10.9. The Morgan fingerprint density at radius 3 is 2.40 bits per heavy atom. The van der Waals surface area contributed by atoms with Crippen molar-refractivity contribution in [2.24, 2.45) is 16.7 Å². The topological polar surface area (TPSA) is 60.4 Å². The van der Waals surface area contributed by atoms with Gasteiger partial charge in [0.15, 0.2) is 0 Å². The van der Waals surface area contributed by atoms with Crippen molar-refractivity contribution in [3.8, 4) is 0 Å². The molecule has 0 aromatic heterocycles. The molecule has 2 rings (SSSR count). The Kier molecular flexibility index (Phi) is 2.01. The van der Waals surface area contributed by atoms with Crippen molar-refractivity contribution in [1.82, 2.24) is 0 Å². The zero-order chi connectivity index (χ0) is 11.5. The molecule has 86 valence electrons. The van der Waals surface area contributed by atoms with Crippen molar-refractivity contribution < 1.29 is 15.0 Å². The summed E-state index contributed by atoms with van der Waals surface area (Å²) < 4.78 is 0. The lowest BCUT2D eigenvalue weighted by Gasteiger charge is -2.45. The molecular formula is C12H19O3-. The Hall–Kier alpha value is -0.570. The van der Waals surface area contributed by atoms with Crippen molar-refractivity contribution in [2.75, 3.05) is 0 Å². The fourth-order valence-corrected chi connectivity index (χ4v) is 3.92. The molecule has 2 aliphatic rings. The first-order valence-electron chi connectivity index (χ1n) is 5.65. The van der Waals surface area contributed by atoms with Crippen LogP contribution in [-0.4, -0.2) is 16.7 Å². The molecular weight excluding hydrogens is 192 g/mol. The summed E-state index contributed by atoms with van der Waals surface area (Å²) in [6.07, 6.45) is 2.43. The first-order chi connectivity index (χ1) is 6.73. The second-order valence-corrected chi connectivity index (χ2v) is 6.07. The van der Waals surface area contributed by atoms with Gasteiger partial charge in [-0.15, -0.1) is 0 Å². The Bertz CT molecular complexity index is 310. The Morgan fingerprint density at radius 1 is 1.47 bits per heavy atom. The Labute approximate surface area is 90.5 Å². The molecule has 3 atom stereocenters. The molecule has 2 bridgehead atoms. The van der Waals surface area contributed by atoms with Crippen LogP contribution in [0.5, 0.6) is 0 Å². The number of rotatable bonds is 2. The second-order valence-electron chi connectivity index (χ2n) is 6.07. The summed E-state index contributed by atoms with van der Waals surface area (Å²) >= 11 is 0. The van der Waals surface area contributed by atoms with Crippen LogP contribution in [0.4, 0.5) is 0 Å². The van der Waals surface area contributed by atoms with Gasteiger partial charge in [0, 0.05) is 17.8 Å². The van der Waals surface area contributed by atoms with Crippen LogP contribution in [0.25, 0.3) is 0 Å². The summed E-state index contributed by atoms with van der Waals surface area (Å²) in [4.78, 5) is 10.7. The maximum atomic E-state index is 10.7. The zero-order valence-electron chi connectivity index (χ0n) is 9.67. The molecule has 0 aliphatic heterocycles. The molecule has 0 radical (unpaired) electrons. The van der Waals surface area contributed by atoms with Crippen LogP contribution >= 0.6 is 0 Å². The van der Waals surface area contributed by atoms with E-state index in [1.807, 2.05) is 6.92 Å². The van der Waals surface area contributed by atoms with E-state index in [-0.39, 0.29) is 17.3 Å². The highest BCUT2D eigenvalue weighted by Gasteiger charge is 2.67. The molecule has 0 saturated heterocycles. The van der Waals surface area contributed by atoms with Crippen molar-refractivity contribution in [2.45, 2.75) is 52.1 Å². The molecule has 2 saturated carbocycles. The SMILES string of the molecule is CC1(C)C2CCC1(C)[C@@](O)(CC(=O)[O-])C2. The van der Waals surface area contributed by atoms with Gasteiger partial charge in [-0.25, -0.2) is 0 Å². The number of hydrogen-bond acceptors (Lipinski definition) is 3. The number of aliphatic carboxylic acids is 1. The minimum absolute atomic E-state index is 0.0389. The summed E-state index contributed by atoms with van der Waals surface area (Å²) in [5.74, 6) is -0.686. The third-order valence-electron chi connectivity index (χ3n) is 5.48. The standard InChI is InChI=1S/C12H20O3/c1-10(2)8-4-5-11(10,3)12(15,6-8)7-9(13)14/h8,15H,4-7H2,1-3H3,(H,13,14)/p-1/t8?,11?,12-/m0/s1. The van der Waals surface area contributed by atoms with Gasteiger partial charge < -0.3 is 15.0 Å². The summed E-state index contributed by atoms with van der Waals surface area (Å²) in [7, 11) is 0. The van der Waals surface area contributed by atoms with Crippen LogP contribution in [0.15, 0.2) is 0 Å². The predicted octanol–water partition coefficient (Wildman–Crippen LogP) is 0.704. The van der Waals surface area contributed by atoms with Gasteiger partial charge in [-0.2, -0.15) is 0 Å². The molecule has 0 heterocycles. The maximum absolute atomic E-state index is 10.7. The van der Waals surface area contributed by atoms with Gasteiger partial charge in [0.05, 0.1) is 5.60 Å². The van der Waals surface area contributed by atoms with Gasteiger partial charge in [-0.3, -0.25) is 0 Å². The molecule has 0 aromatic rings. The molecule has 0 aromatic carbocycles. The number of carbonyl (C=O) groups excluding carboxylic acids is 1. The molecule has 2 unspecified atom stereocenters. The van der Waals surface area contributed by atoms with Crippen LogP contribution in [0, 0.1) is 16.7 Å². The number of aliphatic hydroxyl groups is 1. The molecule has 0 amide bonds. The summed E-state index contributed by atoms with van der Waals surface area (Å²) in [5.41, 5.74) is -1.29. The Balaban J connectivity index is 2.36. The van der Waals surface area contributed by atoms with Gasteiger partial charge in [0.25, 0.3) is 0 Å². The second kappa shape index (κ2) is 2.76. The fraction of sp³-hybridized carbons (Fsp3) is 0.917. The zero-order valence-corrected chi connectivity index (χ0v) is 9.67. The van der Waals surface area contributed by atoms with Gasteiger partial charge in [-0.1, -0.05) is 20.8 Å². The smallest absolute Gasteiger partial charge is 0.0761 e. The number of carbonyl (C=O) groups is 1. The predicted molar refractivity (Wildman–Crippen MR) is 53.8 cm³/mol. The Morgan fingerprint density at radius 2 is 2.07 bits per heavy atom. The van der Waals surface area contributed by atoms with Gasteiger partial charge >= 0.3 is 0 Å². The maximum Gasteiger partial charge on any atom is 0.0761 e. The highest BCUT2D eigenvalue weighted by atomic mass is 16.4. The van der Waals surface area contributed by atoms with E-state index in [0.717, 1.165) is 12.8 Å². The van der Waals surface area contributed by atoms with E-state index in [2.05, 4.69) is 13.8 Å². The number of fused-ring (bicyclic) bond motifs is 2. The first-order valence-corrected chi connectivity index (χ1v) is 5.65. The largest absolute Gasteiger partial charge is 0.550 e. The van der Waals surface area contributed by atoms with E-state index in [9.17, 15) is 15.0 Å². The fourth-order valence-electron chi connectivity index (χ4n) is 3.92. The molecule has 0 spiro atoms. The van der Waals surface area contributed by atoms with Crippen LogP contribution in [0.1, 0.15) is 46.5 Å². The number of carboxylic acid groups (broad SMARTS) is 1. The van der Waals surface area contributed by atoms with Crippen molar-refractivity contribution >= 4 is 5.97 Å². The summed E-state index contributed by atoms with van der Waals surface area (Å²) in [5, 5.41) is 21.2. The van der Waals surface area contributed by atoms with E-state index in [1.54, 1.807) is 0 Å². The lowest BCUT2D eigenvalue weighted by molar-refractivity contribution is -0.311. The summed E-state index contributed by atoms with van der Waals surface area (Å²) in [6, 6.07) is 0. The monoisotopic (exact) mass is 211 g/mol. The molecule has 2 fully saturated rings. The van der Waals surface area contributed by atoms with E-state index in [1.165, 1.54) is 0 Å². The third kappa shape index (κ3) is 1.13. The van der Waals surface area contributed by atoms with Gasteiger partial charge in [0.1, 0.15) is 0 Å². The van der Waals surface area contributed by atoms with Crippen LogP contribution in [0.3, 0.4) is 0 Å². The minimum Gasteiger partial charge on any atom is -0.550 e. The molecule has 1 N–H and O–H groups in total. The lowest BCUT2D eigenvalue weighted by Crippen LogP contribution is -2.50. The van der Waals surface area contributed by atoms with Crippen molar-refractivity contribution in [3.05, 3.63) is 0 Å². The van der Waals surface area contributed by atoms with Crippen molar-refractivity contribution in [1.29, 1.82) is 0 Å². The van der Waals surface area contributed by atoms with E-state index in [4.69, 9.17) is 0 Å². The van der Waals surface area contributed by atoms with E-state index in [0.29, 0.717) is 12.3 Å². The lowest BCUT2D eigenvalue weighted by atomic mass is 9.63. The minimum atomic E-state index is -1.14. The van der Waals surface area contributed by atoms with E-state index < -0.39 is 11.6 Å². The van der Waals surface area contributed by atoms with Gasteiger partial charge in [-0.05, 0) is 30.6 Å².